The third-order valence-corrected chi connectivity index (χ3v) is 4.52. The number of hydrogen-bond donors (Lipinski definition) is 1. The normalized spacial score (nSPS) is 22.0. The molecule has 0 amide bonds. The first kappa shape index (κ1) is 11.5. The summed E-state index contributed by atoms with van der Waals surface area (Å²) >= 11 is 3.47. The van der Waals surface area contributed by atoms with Crippen LogP contribution in [0.15, 0.2) is 0 Å². The van der Waals surface area contributed by atoms with E-state index in [1.807, 2.05) is 0 Å². The van der Waals surface area contributed by atoms with Crippen LogP contribution in [0.4, 0.5) is 0 Å². The average Bonchev–Trinajstić information content (AvgIpc) is 2.49. The highest BCUT2D eigenvalue weighted by Gasteiger charge is 2.33. The van der Waals surface area contributed by atoms with Gasteiger partial charge in [0.2, 0.25) is 10.0 Å². The van der Waals surface area contributed by atoms with Crippen LogP contribution in [0.2, 0.25) is 0 Å². The molecule has 1 rings (SSSR count). The molecule has 5 heteroatoms. The van der Waals surface area contributed by atoms with E-state index in [2.05, 4.69) is 20.7 Å². The molecule has 78 valence electrons. The summed E-state index contributed by atoms with van der Waals surface area (Å²) in [5.41, 5.74) is 0.170. The molecule has 0 atom stereocenters. The van der Waals surface area contributed by atoms with Gasteiger partial charge in [0.1, 0.15) is 0 Å². The summed E-state index contributed by atoms with van der Waals surface area (Å²) in [4.78, 5) is 0. The van der Waals surface area contributed by atoms with Crippen molar-refractivity contribution in [3.63, 3.8) is 0 Å². The Labute approximate surface area is 88.5 Å². The largest absolute Gasteiger partial charge is 0.215 e. The Balaban J connectivity index is 2.50. The summed E-state index contributed by atoms with van der Waals surface area (Å²) in [6.07, 6.45) is 5.90. The van der Waals surface area contributed by atoms with Crippen LogP contribution in [0.25, 0.3) is 0 Å². The number of halogens is 1. The van der Waals surface area contributed by atoms with Crippen molar-refractivity contribution in [1.29, 1.82) is 0 Å². The van der Waals surface area contributed by atoms with Gasteiger partial charge in [0.25, 0.3) is 0 Å². The molecule has 13 heavy (non-hydrogen) atoms. The predicted octanol–water partition coefficient (Wildman–Crippen LogP) is 1.49. The maximum Gasteiger partial charge on any atom is 0.208 e. The molecular formula is C8H16BrNO2S. The second-order valence-electron chi connectivity index (χ2n) is 3.93. The van der Waals surface area contributed by atoms with Crippen LogP contribution >= 0.6 is 15.9 Å². The van der Waals surface area contributed by atoms with E-state index in [0.717, 1.165) is 18.2 Å². The second-order valence-corrected chi connectivity index (χ2v) is 6.33. The summed E-state index contributed by atoms with van der Waals surface area (Å²) in [6.45, 7) is 0.580. The third-order valence-electron chi connectivity index (χ3n) is 2.66. The van der Waals surface area contributed by atoms with Crippen molar-refractivity contribution in [2.45, 2.75) is 25.7 Å². The molecule has 1 aliphatic rings. The van der Waals surface area contributed by atoms with Gasteiger partial charge in [0, 0.05) is 11.9 Å². The van der Waals surface area contributed by atoms with Gasteiger partial charge < -0.3 is 0 Å². The fraction of sp³-hybridized carbons (Fsp3) is 1.00. The quantitative estimate of drug-likeness (QED) is 0.787. The van der Waals surface area contributed by atoms with Crippen LogP contribution in [0.1, 0.15) is 25.7 Å². The third kappa shape index (κ3) is 3.56. The SMILES string of the molecule is CS(=O)(=O)NCC1(CBr)CCCC1. The van der Waals surface area contributed by atoms with E-state index in [4.69, 9.17) is 0 Å². The summed E-state index contributed by atoms with van der Waals surface area (Å²) in [7, 11) is -3.03. The molecule has 3 nitrogen and oxygen atoms in total. The first-order valence-electron chi connectivity index (χ1n) is 4.48. The summed E-state index contributed by atoms with van der Waals surface area (Å²) in [5, 5.41) is 0.891. The standard InChI is InChI=1S/C8H16BrNO2S/c1-13(11,12)10-7-8(6-9)4-2-3-5-8/h10H,2-7H2,1H3. The molecule has 0 heterocycles. The Morgan fingerprint density at radius 1 is 1.38 bits per heavy atom. The molecule has 0 aromatic carbocycles. The van der Waals surface area contributed by atoms with Crippen LogP contribution in [0.5, 0.6) is 0 Å². The van der Waals surface area contributed by atoms with Crippen LogP contribution in [0, 0.1) is 5.41 Å². The molecule has 0 aliphatic heterocycles. The summed E-state index contributed by atoms with van der Waals surface area (Å²) < 4.78 is 24.4. The molecule has 1 N–H and O–H groups in total. The fourth-order valence-corrected chi connectivity index (χ4v) is 3.09. The minimum absolute atomic E-state index is 0.170. The number of nitrogens with one attached hydrogen (secondary N) is 1. The van der Waals surface area contributed by atoms with Gasteiger partial charge >= 0.3 is 0 Å². The van der Waals surface area contributed by atoms with Gasteiger partial charge in [-0.2, -0.15) is 0 Å². The van der Waals surface area contributed by atoms with Crippen molar-refractivity contribution in [2.24, 2.45) is 5.41 Å². The molecule has 1 saturated carbocycles. The average molecular weight is 270 g/mol. The maximum atomic E-state index is 10.9. The Morgan fingerprint density at radius 3 is 2.31 bits per heavy atom. The lowest BCUT2D eigenvalue weighted by Gasteiger charge is -2.26. The van der Waals surface area contributed by atoms with E-state index >= 15 is 0 Å². The molecule has 0 radical (unpaired) electrons. The van der Waals surface area contributed by atoms with E-state index in [1.54, 1.807) is 0 Å². The van der Waals surface area contributed by atoms with E-state index in [9.17, 15) is 8.42 Å². The first-order valence-corrected chi connectivity index (χ1v) is 7.49. The topological polar surface area (TPSA) is 46.2 Å². The molecule has 1 fully saturated rings. The Kier molecular flexibility index (Phi) is 3.77. The molecule has 0 aromatic heterocycles. The second kappa shape index (κ2) is 4.28. The number of hydrogen-bond acceptors (Lipinski definition) is 2. The molecular weight excluding hydrogens is 254 g/mol. The lowest BCUT2D eigenvalue weighted by Crippen LogP contribution is -2.36. The predicted molar refractivity (Wildman–Crippen MR) is 57.5 cm³/mol. The Morgan fingerprint density at radius 2 is 1.92 bits per heavy atom. The van der Waals surface area contributed by atoms with Crippen molar-refractivity contribution < 1.29 is 8.42 Å². The van der Waals surface area contributed by atoms with E-state index < -0.39 is 10.0 Å². The fourth-order valence-electron chi connectivity index (χ4n) is 1.77. The molecule has 0 saturated heterocycles. The molecule has 0 bridgehead atoms. The van der Waals surface area contributed by atoms with Crippen molar-refractivity contribution >= 4 is 26.0 Å². The van der Waals surface area contributed by atoms with Gasteiger partial charge in [-0.15, -0.1) is 0 Å². The van der Waals surface area contributed by atoms with Gasteiger partial charge in [-0.25, -0.2) is 13.1 Å². The van der Waals surface area contributed by atoms with Gasteiger partial charge in [-0.05, 0) is 18.3 Å². The van der Waals surface area contributed by atoms with Crippen molar-refractivity contribution in [3.05, 3.63) is 0 Å². The first-order chi connectivity index (χ1) is 5.97. The zero-order valence-electron chi connectivity index (χ0n) is 7.85. The van der Waals surface area contributed by atoms with Crippen molar-refractivity contribution in [1.82, 2.24) is 4.72 Å². The Bertz CT molecular complexity index is 257. The molecule has 0 unspecified atom stereocenters. The van der Waals surface area contributed by atoms with E-state index in [1.165, 1.54) is 19.1 Å². The highest BCUT2D eigenvalue weighted by molar-refractivity contribution is 9.09. The summed E-state index contributed by atoms with van der Waals surface area (Å²) in [5.74, 6) is 0. The number of sulfonamides is 1. The number of alkyl halides is 1. The lowest BCUT2D eigenvalue weighted by atomic mass is 9.89. The molecule has 0 aromatic rings. The smallest absolute Gasteiger partial charge is 0.208 e. The van der Waals surface area contributed by atoms with Gasteiger partial charge in [-0.3, -0.25) is 0 Å². The Hall–Kier alpha value is 0.390. The van der Waals surface area contributed by atoms with Crippen molar-refractivity contribution in [2.75, 3.05) is 18.1 Å². The van der Waals surface area contributed by atoms with Crippen molar-refractivity contribution in [3.8, 4) is 0 Å². The minimum Gasteiger partial charge on any atom is -0.215 e. The van der Waals surface area contributed by atoms with E-state index in [-0.39, 0.29) is 5.41 Å². The van der Waals surface area contributed by atoms with Crippen LogP contribution in [-0.4, -0.2) is 26.5 Å². The minimum atomic E-state index is -3.03. The molecule has 1 aliphatic carbocycles. The highest BCUT2D eigenvalue weighted by Crippen LogP contribution is 2.38. The number of rotatable bonds is 4. The zero-order chi connectivity index (χ0) is 9.95. The monoisotopic (exact) mass is 269 g/mol. The van der Waals surface area contributed by atoms with Crippen LogP contribution in [-0.2, 0) is 10.0 Å². The van der Waals surface area contributed by atoms with Gasteiger partial charge in [0.15, 0.2) is 0 Å². The van der Waals surface area contributed by atoms with E-state index in [0.29, 0.717) is 6.54 Å². The summed E-state index contributed by atoms with van der Waals surface area (Å²) in [6, 6.07) is 0. The van der Waals surface area contributed by atoms with Gasteiger partial charge in [0.05, 0.1) is 6.26 Å². The maximum absolute atomic E-state index is 10.9. The van der Waals surface area contributed by atoms with Gasteiger partial charge in [-0.1, -0.05) is 28.8 Å². The molecule has 0 spiro atoms. The highest BCUT2D eigenvalue weighted by atomic mass is 79.9. The lowest BCUT2D eigenvalue weighted by molar-refractivity contribution is 0.348. The van der Waals surface area contributed by atoms with Crippen LogP contribution < -0.4 is 4.72 Å². The zero-order valence-corrected chi connectivity index (χ0v) is 10.2. The van der Waals surface area contributed by atoms with Crippen LogP contribution in [0.3, 0.4) is 0 Å².